The summed E-state index contributed by atoms with van der Waals surface area (Å²) in [6, 6.07) is 3.64. The van der Waals surface area contributed by atoms with E-state index in [2.05, 4.69) is 16.0 Å². The van der Waals surface area contributed by atoms with Gasteiger partial charge in [0.2, 0.25) is 5.91 Å². The van der Waals surface area contributed by atoms with Gasteiger partial charge in [0.05, 0.1) is 12.8 Å². The maximum atomic E-state index is 11.9. The van der Waals surface area contributed by atoms with Crippen LogP contribution in [0, 0.1) is 0 Å². The number of rotatable bonds is 5. The summed E-state index contributed by atoms with van der Waals surface area (Å²) < 4.78 is 5.12. The van der Waals surface area contributed by atoms with Gasteiger partial charge in [0, 0.05) is 11.4 Å². The number of hydrogen-bond acceptors (Lipinski definition) is 4. The van der Waals surface area contributed by atoms with E-state index >= 15 is 0 Å². The third-order valence-corrected chi connectivity index (χ3v) is 3.19. The van der Waals surface area contributed by atoms with Crippen LogP contribution in [0.25, 0.3) is 0 Å². The van der Waals surface area contributed by atoms with Gasteiger partial charge in [-0.15, -0.1) is 0 Å². The SMILES string of the molecule is COc1ccc(Cl)cc1NC(=O)CC[C@H]1NC(=O)NC1=O. The number of anilines is 1. The van der Waals surface area contributed by atoms with Crippen molar-refractivity contribution >= 4 is 35.1 Å². The monoisotopic (exact) mass is 311 g/mol. The molecule has 0 aromatic heterocycles. The molecule has 2 rings (SSSR count). The van der Waals surface area contributed by atoms with E-state index in [1.165, 1.54) is 7.11 Å². The van der Waals surface area contributed by atoms with Crippen molar-refractivity contribution in [1.82, 2.24) is 10.6 Å². The molecule has 0 saturated carbocycles. The van der Waals surface area contributed by atoms with Crippen LogP contribution in [0.2, 0.25) is 5.02 Å². The van der Waals surface area contributed by atoms with Crippen LogP contribution >= 0.6 is 11.6 Å². The molecule has 1 heterocycles. The fraction of sp³-hybridized carbons (Fsp3) is 0.308. The minimum atomic E-state index is -0.676. The molecule has 4 amide bonds. The van der Waals surface area contributed by atoms with Gasteiger partial charge in [0.15, 0.2) is 0 Å². The molecule has 0 aliphatic carbocycles. The fourth-order valence-corrected chi connectivity index (χ4v) is 2.10. The van der Waals surface area contributed by atoms with E-state index in [1.807, 2.05) is 0 Å². The number of halogens is 1. The summed E-state index contributed by atoms with van der Waals surface area (Å²) in [6.07, 6.45) is 0.292. The molecule has 0 unspecified atom stereocenters. The topological polar surface area (TPSA) is 96.5 Å². The van der Waals surface area contributed by atoms with Crippen molar-refractivity contribution in [3.8, 4) is 5.75 Å². The van der Waals surface area contributed by atoms with Crippen LogP contribution < -0.4 is 20.7 Å². The Morgan fingerprint density at radius 2 is 2.19 bits per heavy atom. The minimum absolute atomic E-state index is 0.0774. The predicted octanol–water partition coefficient (Wildman–Crippen LogP) is 1.28. The van der Waals surface area contributed by atoms with Crippen molar-refractivity contribution in [2.24, 2.45) is 0 Å². The lowest BCUT2D eigenvalue weighted by atomic mass is 10.1. The van der Waals surface area contributed by atoms with Gasteiger partial charge >= 0.3 is 6.03 Å². The van der Waals surface area contributed by atoms with E-state index in [9.17, 15) is 14.4 Å². The Kier molecular flexibility index (Phi) is 4.64. The number of urea groups is 1. The number of nitrogens with one attached hydrogen (secondary N) is 3. The van der Waals surface area contributed by atoms with E-state index in [4.69, 9.17) is 16.3 Å². The summed E-state index contributed by atoms with van der Waals surface area (Å²) in [5.74, 6) is -0.239. The molecule has 1 aliphatic heterocycles. The summed E-state index contributed by atoms with van der Waals surface area (Å²) in [5.41, 5.74) is 0.454. The van der Waals surface area contributed by atoms with Crippen LogP contribution in [0.4, 0.5) is 10.5 Å². The average molecular weight is 312 g/mol. The zero-order valence-corrected chi connectivity index (χ0v) is 12.0. The molecule has 1 atom stereocenters. The first kappa shape index (κ1) is 15.1. The number of amides is 4. The molecular weight excluding hydrogens is 298 g/mol. The van der Waals surface area contributed by atoms with Crippen molar-refractivity contribution in [1.29, 1.82) is 0 Å². The molecule has 3 N–H and O–H groups in total. The lowest BCUT2D eigenvalue weighted by Gasteiger charge is -2.11. The molecule has 0 spiro atoms. The molecule has 1 aromatic carbocycles. The average Bonchev–Trinajstić information content (AvgIpc) is 2.75. The van der Waals surface area contributed by atoms with E-state index < -0.39 is 18.0 Å². The van der Waals surface area contributed by atoms with E-state index in [0.29, 0.717) is 16.5 Å². The molecule has 21 heavy (non-hydrogen) atoms. The highest BCUT2D eigenvalue weighted by atomic mass is 35.5. The van der Waals surface area contributed by atoms with Crippen LogP contribution in [0.1, 0.15) is 12.8 Å². The minimum Gasteiger partial charge on any atom is -0.495 e. The number of benzene rings is 1. The third-order valence-electron chi connectivity index (χ3n) is 2.95. The first-order valence-electron chi connectivity index (χ1n) is 6.24. The van der Waals surface area contributed by atoms with Crippen molar-refractivity contribution < 1.29 is 19.1 Å². The van der Waals surface area contributed by atoms with Gasteiger partial charge in [0.25, 0.3) is 5.91 Å². The Balaban J connectivity index is 1.92. The van der Waals surface area contributed by atoms with Crippen LogP contribution in [0.15, 0.2) is 18.2 Å². The van der Waals surface area contributed by atoms with Gasteiger partial charge in [0.1, 0.15) is 11.8 Å². The maximum Gasteiger partial charge on any atom is 0.322 e. The molecule has 1 aromatic rings. The molecule has 112 valence electrons. The molecule has 7 nitrogen and oxygen atoms in total. The van der Waals surface area contributed by atoms with Gasteiger partial charge in [-0.25, -0.2) is 4.79 Å². The summed E-state index contributed by atoms with van der Waals surface area (Å²) in [7, 11) is 1.48. The number of carbonyl (C=O) groups is 3. The van der Waals surface area contributed by atoms with Gasteiger partial charge in [-0.05, 0) is 24.6 Å². The summed E-state index contributed by atoms with van der Waals surface area (Å²) in [6.45, 7) is 0. The van der Waals surface area contributed by atoms with Crippen molar-refractivity contribution in [2.45, 2.75) is 18.9 Å². The quantitative estimate of drug-likeness (QED) is 0.714. The van der Waals surface area contributed by atoms with Crippen molar-refractivity contribution in [3.05, 3.63) is 23.2 Å². The molecule has 1 fully saturated rings. The fourth-order valence-electron chi connectivity index (χ4n) is 1.93. The van der Waals surface area contributed by atoms with E-state index in [-0.39, 0.29) is 18.7 Å². The molecule has 0 bridgehead atoms. The Labute approximate surface area is 126 Å². The maximum absolute atomic E-state index is 11.9. The number of methoxy groups -OCH3 is 1. The molecule has 0 radical (unpaired) electrons. The van der Waals surface area contributed by atoms with Gasteiger partial charge in [-0.3, -0.25) is 14.9 Å². The van der Waals surface area contributed by atoms with Crippen LogP contribution in [-0.2, 0) is 9.59 Å². The van der Waals surface area contributed by atoms with Gasteiger partial charge < -0.3 is 15.4 Å². The highest BCUT2D eigenvalue weighted by Crippen LogP contribution is 2.27. The number of imide groups is 1. The lowest BCUT2D eigenvalue weighted by Crippen LogP contribution is -2.30. The van der Waals surface area contributed by atoms with Crippen LogP contribution in [0.5, 0.6) is 5.75 Å². The Bertz CT molecular complexity index is 591. The number of carbonyl (C=O) groups excluding carboxylic acids is 3. The second kappa shape index (κ2) is 6.45. The Morgan fingerprint density at radius 3 is 2.81 bits per heavy atom. The zero-order valence-electron chi connectivity index (χ0n) is 11.2. The molecule has 1 saturated heterocycles. The normalized spacial score (nSPS) is 17.1. The number of ether oxygens (including phenoxy) is 1. The summed E-state index contributed by atoms with van der Waals surface area (Å²) >= 11 is 5.87. The van der Waals surface area contributed by atoms with Gasteiger partial charge in [-0.1, -0.05) is 11.6 Å². The molecule has 1 aliphatic rings. The second-order valence-corrected chi connectivity index (χ2v) is 4.88. The molecule has 8 heteroatoms. The first-order valence-corrected chi connectivity index (χ1v) is 6.62. The Hall–Kier alpha value is -2.28. The predicted molar refractivity (Wildman–Crippen MR) is 76.3 cm³/mol. The van der Waals surface area contributed by atoms with Crippen LogP contribution in [0.3, 0.4) is 0 Å². The zero-order chi connectivity index (χ0) is 15.4. The summed E-state index contributed by atoms with van der Waals surface area (Å²) in [4.78, 5) is 34.2. The van der Waals surface area contributed by atoms with Crippen LogP contribution in [-0.4, -0.2) is 31.0 Å². The Morgan fingerprint density at radius 1 is 1.43 bits per heavy atom. The smallest absolute Gasteiger partial charge is 0.322 e. The van der Waals surface area contributed by atoms with Crippen molar-refractivity contribution in [2.75, 3.05) is 12.4 Å². The largest absolute Gasteiger partial charge is 0.495 e. The van der Waals surface area contributed by atoms with Crippen molar-refractivity contribution in [3.63, 3.8) is 0 Å². The summed E-state index contributed by atoms with van der Waals surface area (Å²) in [5, 5.41) is 7.66. The van der Waals surface area contributed by atoms with E-state index in [1.54, 1.807) is 18.2 Å². The van der Waals surface area contributed by atoms with E-state index in [0.717, 1.165) is 0 Å². The molecular formula is C13H14ClN3O4. The highest BCUT2D eigenvalue weighted by Gasteiger charge is 2.29. The number of hydrogen-bond donors (Lipinski definition) is 3. The first-order chi connectivity index (χ1) is 9.99. The second-order valence-electron chi connectivity index (χ2n) is 4.45. The third kappa shape index (κ3) is 3.85. The highest BCUT2D eigenvalue weighted by molar-refractivity contribution is 6.31. The lowest BCUT2D eigenvalue weighted by molar-refractivity contribution is -0.120. The van der Waals surface area contributed by atoms with Gasteiger partial charge in [-0.2, -0.15) is 0 Å². The standard InChI is InChI=1S/C13H14ClN3O4/c1-21-10-4-2-7(14)6-9(10)15-11(18)5-3-8-12(19)17-13(20)16-8/h2,4,6,8H,3,5H2,1H3,(H,15,18)(H2,16,17,19,20)/t8-/m1/s1.